The van der Waals surface area contributed by atoms with Crippen molar-refractivity contribution >= 4 is 23.8 Å². The van der Waals surface area contributed by atoms with Crippen molar-refractivity contribution in [1.29, 1.82) is 0 Å². The summed E-state index contributed by atoms with van der Waals surface area (Å²) in [6.45, 7) is 0.909. The highest BCUT2D eigenvalue weighted by molar-refractivity contribution is 6.40. The summed E-state index contributed by atoms with van der Waals surface area (Å²) in [7, 11) is 0. The molecule has 4 aliphatic rings. The van der Waals surface area contributed by atoms with Crippen LogP contribution in [0.5, 0.6) is 0 Å². The van der Waals surface area contributed by atoms with E-state index in [0.29, 0.717) is 38.2 Å². The molecule has 2 bridgehead atoms. The largest absolute Gasteiger partial charge is 0.416 e. The van der Waals surface area contributed by atoms with Crippen LogP contribution in [0.3, 0.4) is 0 Å². The number of halogens is 4. The van der Waals surface area contributed by atoms with Crippen LogP contribution in [0.15, 0.2) is 45.3 Å². The Morgan fingerprint density at radius 1 is 1.12 bits per heavy atom. The fraction of sp³-hybridized carbons (Fsp3) is 0.500. The van der Waals surface area contributed by atoms with Crippen LogP contribution in [-0.4, -0.2) is 47.8 Å². The normalized spacial score (nSPS) is 30.1. The van der Waals surface area contributed by atoms with Crippen molar-refractivity contribution in [2.24, 2.45) is 26.8 Å². The van der Waals surface area contributed by atoms with Crippen LogP contribution in [0.25, 0.3) is 0 Å². The molecule has 9 heteroatoms. The zero-order valence-electron chi connectivity index (χ0n) is 17.9. The first-order chi connectivity index (χ1) is 15.8. The highest BCUT2D eigenvalue weighted by Gasteiger charge is 2.46. The summed E-state index contributed by atoms with van der Waals surface area (Å²) < 4.78 is 54.1. The minimum atomic E-state index is -4.52. The van der Waals surface area contributed by atoms with Crippen LogP contribution in [0, 0.1) is 17.7 Å². The number of fused-ring (bicyclic) bond motifs is 3. The zero-order chi connectivity index (χ0) is 23.2. The van der Waals surface area contributed by atoms with Crippen molar-refractivity contribution in [1.82, 2.24) is 4.90 Å². The summed E-state index contributed by atoms with van der Waals surface area (Å²) in [5.74, 6) is -0.350. The highest BCUT2D eigenvalue weighted by atomic mass is 19.4. The maximum absolute atomic E-state index is 13.8. The third-order valence-electron chi connectivity index (χ3n) is 7.06. The Morgan fingerprint density at radius 2 is 1.88 bits per heavy atom. The predicted molar refractivity (Wildman–Crippen MR) is 117 cm³/mol. The van der Waals surface area contributed by atoms with Gasteiger partial charge >= 0.3 is 6.18 Å². The van der Waals surface area contributed by atoms with Gasteiger partial charge in [0.05, 0.1) is 11.6 Å². The number of allylic oxidation sites excluding steroid dienone is 2. The lowest BCUT2D eigenvalue weighted by Gasteiger charge is -2.23. The quantitative estimate of drug-likeness (QED) is 0.586. The Labute approximate surface area is 189 Å². The smallest absolute Gasteiger partial charge is 0.335 e. The second-order valence-electron chi connectivity index (χ2n) is 9.25. The van der Waals surface area contributed by atoms with Crippen LogP contribution in [0.1, 0.15) is 49.1 Å². The topological polar surface area (TPSA) is 57.4 Å². The Morgan fingerprint density at radius 3 is 2.61 bits per heavy atom. The summed E-state index contributed by atoms with van der Waals surface area (Å²) in [6, 6.07) is 2.68. The van der Waals surface area contributed by atoms with Gasteiger partial charge in [-0.3, -0.25) is 9.79 Å². The number of amidine groups is 2. The van der Waals surface area contributed by atoms with Gasteiger partial charge < -0.3 is 4.90 Å². The molecular weight excluding hydrogens is 436 g/mol. The number of hydrogen-bond acceptors (Lipinski definition) is 4. The van der Waals surface area contributed by atoms with Crippen molar-refractivity contribution in [2.75, 3.05) is 13.1 Å². The molecule has 5 nitrogen and oxygen atoms in total. The van der Waals surface area contributed by atoms with Crippen molar-refractivity contribution in [3.63, 3.8) is 0 Å². The van der Waals surface area contributed by atoms with E-state index in [-0.39, 0.29) is 41.1 Å². The molecule has 5 rings (SSSR count). The maximum atomic E-state index is 13.8. The van der Waals surface area contributed by atoms with Crippen LogP contribution < -0.4 is 0 Å². The number of likely N-dealkylation sites (tertiary alicyclic amines) is 1. The average molecular weight is 460 g/mol. The zero-order valence-corrected chi connectivity index (χ0v) is 17.9. The molecule has 0 aromatic heterocycles. The SMILES string of the molecule is O=C(C1=NC2CC/C=C\C=NC(=N1)C2)N1C[C@H]2CC(c3cc(F)ccc3C(F)(F)F)C[C@H]2C1. The van der Waals surface area contributed by atoms with Crippen molar-refractivity contribution in [3.8, 4) is 0 Å². The Kier molecular flexibility index (Phi) is 5.66. The van der Waals surface area contributed by atoms with E-state index in [1.165, 1.54) is 0 Å². The second-order valence-corrected chi connectivity index (χ2v) is 9.25. The van der Waals surface area contributed by atoms with Crippen LogP contribution in [0.2, 0.25) is 0 Å². The minimum Gasteiger partial charge on any atom is -0.335 e. The molecule has 2 fully saturated rings. The predicted octanol–water partition coefficient (Wildman–Crippen LogP) is 4.79. The summed E-state index contributed by atoms with van der Waals surface area (Å²) >= 11 is 0. The van der Waals surface area contributed by atoms with E-state index in [9.17, 15) is 22.4 Å². The molecule has 1 saturated heterocycles. The fourth-order valence-electron chi connectivity index (χ4n) is 5.54. The van der Waals surface area contributed by atoms with Gasteiger partial charge in [-0.2, -0.15) is 13.2 Å². The molecule has 4 atom stereocenters. The lowest BCUT2D eigenvalue weighted by molar-refractivity contribution is -0.138. The van der Waals surface area contributed by atoms with E-state index in [4.69, 9.17) is 0 Å². The van der Waals surface area contributed by atoms with Gasteiger partial charge in [0.25, 0.3) is 5.91 Å². The van der Waals surface area contributed by atoms with Gasteiger partial charge in [-0.1, -0.05) is 6.08 Å². The van der Waals surface area contributed by atoms with Gasteiger partial charge in [-0.15, -0.1) is 0 Å². The number of aliphatic imine (C=N–C) groups is 3. The molecule has 3 aliphatic heterocycles. The first-order valence-corrected chi connectivity index (χ1v) is 11.3. The van der Waals surface area contributed by atoms with Gasteiger partial charge in [0.15, 0.2) is 0 Å². The summed E-state index contributed by atoms with van der Waals surface area (Å²) in [5, 5.41) is 0. The van der Waals surface area contributed by atoms with E-state index < -0.39 is 17.6 Å². The molecule has 0 N–H and O–H groups in total. The fourth-order valence-corrected chi connectivity index (χ4v) is 5.54. The number of amides is 1. The lowest BCUT2D eigenvalue weighted by Crippen LogP contribution is -2.37. The third kappa shape index (κ3) is 4.50. The molecule has 33 heavy (non-hydrogen) atoms. The number of rotatable bonds is 2. The summed E-state index contributed by atoms with van der Waals surface area (Å²) in [6.07, 6.45) is 4.32. The van der Waals surface area contributed by atoms with Crippen LogP contribution >= 0.6 is 0 Å². The van der Waals surface area contributed by atoms with Crippen LogP contribution in [-0.2, 0) is 11.0 Å². The Bertz CT molecular complexity index is 1060. The van der Waals surface area contributed by atoms with Gasteiger partial charge in [-0.25, -0.2) is 14.4 Å². The molecule has 0 spiro atoms. The van der Waals surface area contributed by atoms with Crippen molar-refractivity contribution in [3.05, 3.63) is 47.3 Å². The molecule has 1 aromatic carbocycles. The number of carbonyl (C=O) groups is 1. The Hall–Kier alpha value is -2.84. The molecule has 2 unspecified atom stereocenters. The van der Waals surface area contributed by atoms with E-state index >= 15 is 0 Å². The van der Waals surface area contributed by atoms with E-state index in [1.807, 2.05) is 12.2 Å². The monoisotopic (exact) mass is 460 g/mol. The first kappa shape index (κ1) is 22.0. The average Bonchev–Trinajstić information content (AvgIpc) is 3.35. The molecule has 1 amide bonds. The molecular formula is C24H24F4N4O. The summed E-state index contributed by atoms with van der Waals surface area (Å²) in [4.78, 5) is 28.1. The van der Waals surface area contributed by atoms with E-state index in [0.717, 1.165) is 31.0 Å². The highest BCUT2D eigenvalue weighted by Crippen LogP contribution is 2.49. The maximum Gasteiger partial charge on any atom is 0.416 e. The number of nitrogens with zero attached hydrogens (tertiary/aromatic N) is 4. The number of benzene rings is 1. The van der Waals surface area contributed by atoms with E-state index in [1.54, 1.807) is 11.1 Å². The minimum absolute atomic E-state index is 0.0282. The molecule has 1 saturated carbocycles. The molecule has 1 aliphatic carbocycles. The Balaban J connectivity index is 1.29. The molecule has 0 radical (unpaired) electrons. The second kappa shape index (κ2) is 8.50. The third-order valence-corrected chi connectivity index (χ3v) is 7.06. The van der Waals surface area contributed by atoms with Crippen molar-refractivity contribution < 1.29 is 22.4 Å². The molecule has 1 aromatic rings. The standard InChI is InChI=1S/C24H24F4N4O/c25-17-5-6-20(24(26,27)28)19(10-17)14-8-15-12-32(13-16(15)9-14)23(33)22-30-18-4-2-1-3-7-29-21(11-18)31-22/h1,3,5-7,10,14-16,18H,2,4,8-9,11-13H2/b3-1-,29-7?/t14?,15-,16+,18?. The first-order valence-electron chi connectivity index (χ1n) is 11.3. The van der Waals surface area contributed by atoms with Gasteiger partial charge in [0, 0.05) is 25.7 Å². The summed E-state index contributed by atoms with van der Waals surface area (Å²) in [5.41, 5.74) is -0.737. The number of alkyl halides is 3. The molecule has 3 heterocycles. The van der Waals surface area contributed by atoms with E-state index in [2.05, 4.69) is 15.0 Å². The number of hydrogen-bond donors (Lipinski definition) is 0. The van der Waals surface area contributed by atoms with Gasteiger partial charge in [0.2, 0.25) is 5.84 Å². The van der Waals surface area contributed by atoms with Gasteiger partial charge in [0.1, 0.15) is 11.7 Å². The van der Waals surface area contributed by atoms with Crippen LogP contribution in [0.4, 0.5) is 17.6 Å². The van der Waals surface area contributed by atoms with Gasteiger partial charge in [-0.05, 0) is 73.3 Å². The van der Waals surface area contributed by atoms with Crippen molar-refractivity contribution in [2.45, 2.75) is 50.2 Å². The number of carbonyl (C=O) groups excluding carboxylic acids is 1. The molecule has 174 valence electrons. The lowest BCUT2D eigenvalue weighted by atomic mass is 9.91.